The first-order valence-corrected chi connectivity index (χ1v) is 12.2. The first-order chi connectivity index (χ1) is 6.98. The number of carbonyl (C=O) groups is 1. The van der Waals surface area contributed by atoms with E-state index in [-0.39, 0.29) is 11.4 Å². The third kappa shape index (κ3) is 12.5. The van der Waals surface area contributed by atoms with Gasteiger partial charge in [-0.25, -0.2) is 0 Å². The quantitative estimate of drug-likeness (QED) is 0.331. The first-order valence-electron chi connectivity index (χ1n) is 5.21. The number of halogens is 1. The van der Waals surface area contributed by atoms with E-state index in [2.05, 4.69) is 20.5 Å². The van der Waals surface area contributed by atoms with Crippen LogP contribution in [0, 0.1) is 12.3 Å². The number of unbranched alkanes of at least 4 members (excludes halogenated alkanes) is 3. The van der Waals surface area contributed by atoms with Crippen molar-refractivity contribution in [2.24, 2.45) is 5.41 Å². The van der Waals surface area contributed by atoms with E-state index in [9.17, 15) is 4.79 Å². The Morgan fingerprint density at radius 2 is 1.80 bits per heavy atom. The van der Waals surface area contributed by atoms with Crippen LogP contribution >= 0.6 is 13.6 Å². The average Bonchev–Trinajstić information content (AvgIpc) is 2.19. The Hall–Kier alpha value is 0.573. The van der Waals surface area contributed by atoms with E-state index in [4.69, 9.17) is 4.74 Å². The van der Waals surface area contributed by atoms with Gasteiger partial charge in [-0.15, -0.1) is 0 Å². The molecule has 0 spiro atoms. The average molecular weight is 331 g/mol. The molecule has 0 rings (SSSR count). The zero-order valence-corrected chi connectivity index (χ0v) is 14.7. The number of ether oxygens (including phenoxy) is 1. The molecule has 0 bridgehead atoms. The van der Waals surface area contributed by atoms with Gasteiger partial charge in [0.05, 0.1) is 12.0 Å². The second-order valence-corrected chi connectivity index (χ2v) is 4.30. The molecule has 4 heteroatoms. The Bertz CT molecular complexity index is 155. The molecule has 15 heavy (non-hydrogen) atoms. The molecule has 0 aromatic heterocycles. The van der Waals surface area contributed by atoms with Crippen LogP contribution in [0.2, 0.25) is 0 Å². The van der Waals surface area contributed by atoms with Gasteiger partial charge in [-0.05, 0) is 27.2 Å². The molecule has 2 nitrogen and oxygen atoms in total. The van der Waals surface area contributed by atoms with Crippen LogP contribution in [-0.4, -0.2) is 12.6 Å². The third-order valence-corrected chi connectivity index (χ3v) is 1.74. The van der Waals surface area contributed by atoms with Crippen molar-refractivity contribution in [1.82, 2.24) is 0 Å². The summed E-state index contributed by atoms with van der Waals surface area (Å²) in [6.07, 6.45) is 4.14. The molecule has 0 aliphatic rings. The number of esters is 1. The van der Waals surface area contributed by atoms with E-state index in [1.54, 1.807) is 0 Å². The van der Waals surface area contributed by atoms with E-state index in [1.807, 2.05) is 20.8 Å². The van der Waals surface area contributed by atoms with Crippen LogP contribution in [-0.2, 0) is 25.9 Å². The summed E-state index contributed by atoms with van der Waals surface area (Å²) in [4.78, 5) is 11.3. The zero-order valence-electron chi connectivity index (χ0n) is 10.1. The maximum absolute atomic E-state index is 11.3. The van der Waals surface area contributed by atoms with Gasteiger partial charge in [0.1, 0.15) is 0 Å². The van der Waals surface area contributed by atoms with Crippen LogP contribution in [0.5, 0.6) is 0 Å². The second kappa shape index (κ2) is 11.1. The molecule has 0 saturated carbocycles. The monoisotopic (exact) mass is 328 g/mol. The van der Waals surface area contributed by atoms with Crippen molar-refractivity contribution < 1.29 is 25.9 Å². The summed E-state index contributed by atoms with van der Waals surface area (Å²) in [7, 11) is 0. The molecule has 0 aromatic carbocycles. The van der Waals surface area contributed by atoms with Crippen LogP contribution in [0.4, 0.5) is 0 Å². The van der Waals surface area contributed by atoms with Crippen molar-refractivity contribution in [2.75, 3.05) is 6.61 Å². The van der Waals surface area contributed by atoms with Crippen molar-refractivity contribution in [3.63, 3.8) is 0 Å². The fraction of sp³-hybridized carbons (Fsp3) is 0.818. The summed E-state index contributed by atoms with van der Waals surface area (Å²) in [6, 6.07) is 0. The Labute approximate surface area is 111 Å². The molecular weight excluding hydrogens is 309 g/mol. The Balaban J connectivity index is 0. The first kappa shape index (κ1) is 18.0. The Morgan fingerprint density at radius 1 is 1.27 bits per heavy atom. The summed E-state index contributed by atoms with van der Waals surface area (Å²) < 4.78 is 5.09. The van der Waals surface area contributed by atoms with Crippen molar-refractivity contribution in [1.29, 1.82) is 0 Å². The van der Waals surface area contributed by atoms with Gasteiger partial charge < -0.3 is 11.7 Å². The molecular formula is C11H21BrO2Zn. The molecule has 0 amide bonds. The van der Waals surface area contributed by atoms with Crippen molar-refractivity contribution >= 4 is 19.6 Å². The summed E-state index contributed by atoms with van der Waals surface area (Å²) >= 11 is 4.25. The van der Waals surface area contributed by atoms with Gasteiger partial charge in [0.15, 0.2) is 0 Å². The molecule has 0 atom stereocenters. The van der Waals surface area contributed by atoms with Crippen LogP contribution in [0.25, 0.3) is 0 Å². The summed E-state index contributed by atoms with van der Waals surface area (Å²) in [5.74, 6) is -0.109. The standard InChI is InChI=1S/C11H21O2.BrH.Zn/c1-5-6-7-8-9-13-10(12)11(2,3)4;;/h1,5-9H2,2-4H3;1H;/q-1;;+2/p-1. The molecule has 0 aliphatic carbocycles. The van der Waals surface area contributed by atoms with Crippen molar-refractivity contribution in [3.05, 3.63) is 6.92 Å². The number of carbonyl (C=O) groups excluding carboxylic acids is 1. The molecule has 0 heterocycles. The van der Waals surface area contributed by atoms with Gasteiger partial charge in [-0.1, -0.05) is 12.8 Å². The second-order valence-electron chi connectivity index (χ2n) is 4.30. The predicted molar refractivity (Wildman–Crippen MR) is 63.2 cm³/mol. The van der Waals surface area contributed by atoms with Gasteiger partial charge in [-0.2, -0.15) is 6.42 Å². The number of hydrogen-bond donors (Lipinski definition) is 0. The van der Waals surface area contributed by atoms with E-state index in [0.29, 0.717) is 6.61 Å². The summed E-state index contributed by atoms with van der Waals surface area (Å²) in [6.45, 7) is 9.90. The molecule has 0 unspecified atom stereocenters. The fourth-order valence-corrected chi connectivity index (χ4v) is 0.837. The SMILES string of the molecule is [CH2-]CCCCCOC(=O)C(C)(C)C.[Zn+][Br]. The predicted octanol–water partition coefficient (Wildman–Crippen LogP) is 3.81. The van der Waals surface area contributed by atoms with E-state index < -0.39 is 0 Å². The molecule has 0 aromatic rings. The minimum atomic E-state index is -0.369. The molecule has 0 radical (unpaired) electrons. The number of hydrogen-bond acceptors (Lipinski definition) is 2. The fourth-order valence-electron chi connectivity index (χ4n) is 0.837. The molecule has 0 N–H and O–H groups in total. The summed E-state index contributed by atoms with van der Waals surface area (Å²) in [5, 5.41) is 0. The van der Waals surface area contributed by atoms with Gasteiger partial charge in [-0.3, -0.25) is 4.79 Å². The molecule has 0 saturated heterocycles. The normalized spacial score (nSPS) is 10.3. The van der Waals surface area contributed by atoms with Crippen molar-refractivity contribution in [3.8, 4) is 0 Å². The molecule has 86 valence electrons. The van der Waals surface area contributed by atoms with Gasteiger partial charge in [0, 0.05) is 0 Å². The maximum atomic E-state index is 11.3. The van der Waals surface area contributed by atoms with Crippen LogP contribution in [0.1, 0.15) is 46.5 Å². The van der Waals surface area contributed by atoms with Crippen LogP contribution < -0.4 is 0 Å². The Morgan fingerprint density at radius 3 is 2.20 bits per heavy atom. The molecule has 0 fully saturated rings. The zero-order chi connectivity index (χ0) is 12.3. The minimum absolute atomic E-state index is 0.109. The third-order valence-electron chi connectivity index (χ3n) is 1.74. The van der Waals surface area contributed by atoms with Crippen LogP contribution in [0.3, 0.4) is 0 Å². The number of rotatable bonds is 5. The topological polar surface area (TPSA) is 26.3 Å². The van der Waals surface area contributed by atoms with Gasteiger partial charge in [0.25, 0.3) is 0 Å². The summed E-state index contributed by atoms with van der Waals surface area (Å²) in [5.41, 5.74) is -0.369. The molecule has 0 aliphatic heterocycles. The van der Waals surface area contributed by atoms with E-state index in [1.165, 1.54) is 16.3 Å². The van der Waals surface area contributed by atoms with E-state index in [0.717, 1.165) is 25.7 Å². The Kier molecular flexibility index (Phi) is 13.2. The van der Waals surface area contributed by atoms with Crippen molar-refractivity contribution in [2.45, 2.75) is 46.5 Å². The van der Waals surface area contributed by atoms with Crippen LogP contribution in [0.15, 0.2) is 0 Å². The van der Waals surface area contributed by atoms with Gasteiger partial charge in [0.2, 0.25) is 0 Å². The van der Waals surface area contributed by atoms with Gasteiger partial charge >= 0.3 is 35.9 Å². The van der Waals surface area contributed by atoms with E-state index >= 15 is 0 Å².